The summed E-state index contributed by atoms with van der Waals surface area (Å²) in [6, 6.07) is 2.04. The predicted octanol–water partition coefficient (Wildman–Crippen LogP) is 2.37. The van der Waals surface area contributed by atoms with Crippen molar-refractivity contribution in [2.75, 3.05) is 0 Å². The van der Waals surface area contributed by atoms with E-state index in [2.05, 4.69) is 20.7 Å². The summed E-state index contributed by atoms with van der Waals surface area (Å²) >= 11 is 2.92. The molecule has 1 atom stereocenters. The standard InChI is InChI=1S/C12H15BrFNO4S/c1-7(2)5-11(12(16)17)15-20(18,19)8-3-4-9(13)10(14)6-8/h3-4,6-7,11,15H,5H2,1-2H3,(H,16,17). The maximum absolute atomic E-state index is 13.4. The third-order valence-electron chi connectivity index (χ3n) is 2.50. The normalized spacial score (nSPS) is 13.4. The Bertz CT molecular complexity index is 603. The van der Waals surface area contributed by atoms with Gasteiger partial charge in [-0.25, -0.2) is 12.8 Å². The van der Waals surface area contributed by atoms with Crippen LogP contribution in [0.5, 0.6) is 0 Å². The lowest BCUT2D eigenvalue weighted by Gasteiger charge is -2.16. The zero-order valence-corrected chi connectivity index (χ0v) is 13.3. The fourth-order valence-corrected chi connectivity index (χ4v) is 3.03. The van der Waals surface area contributed by atoms with Crippen molar-refractivity contribution in [3.8, 4) is 0 Å². The number of carboxylic acid groups (broad SMARTS) is 1. The number of nitrogens with one attached hydrogen (secondary N) is 1. The first kappa shape index (κ1) is 17.1. The predicted molar refractivity (Wildman–Crippen MR) is 75.3 cm³/mol. The summed E-state index contributed by atoms with van der Waals surface area (Å²) in [5.41, 5.74) is 0. The molecule has 0 fully saturated rings. The number of rotatable bonds is 6. The number of aliphatic carboxylic acids is 1. The summed E-state index contributed by atoms with van der Waals surface area (Å²) in [4.78, 5) is 10.7. The van der Waals surface area contributed by atoms with E-state index < -0.39 is 27.9 Å². The summed E-state index contributed by atoms with van der Waals surface area (Å²) < 4.78 is 39.6. The molecule has 1 aromatic rings. The largest absolute Gasteiger partial charge is 0.480 e. The van der Waals surface area contributed by atoms with Crippen LogP contribution in [0.3, 0.4) is 0 Å². The Kier molecular flexibility index (Phi) is 5.67. The van der Waals surface area contributed by atoms with Gasteiger partial charge in [0.25, 0.3) is 0 Å². The number of benzene rings is 1. The zero-order valence-electron chi connectivity index (χ0n) is 10.9. The number of carbonyl (C=O) groups is 1. The van der Waals surface area contributed by atoms with Gasteiger partial charge in [0.1, 0.15) is 11.9 Å². The molecule has 20 heavy (non-hydrogen) atoms. The molecule has 0 aromatic heterocycles. The fraction of sp³-hybridized carbons (Fsp3) is 0.417. The molecule has 1 unspecified atom stereocenters. The molecule has 0 spiro atoms. The van der Waals surface area contributed by atoms with E-state index in [1.54, 1.807) is 13.8 Å². The molecule has 8 heteroatoms. The second-order valence-electron chi connectivity index (χ2n) is 4.72. The highest BCUT2D eigenvalue weighted by molar-refractivity contribution is 9.10. The Morgan fingerprint density at radius 3 is 2.50 bits per heavy atom. The summed E-state index contributed by atoms with van der Waals surface area (Å²) in [6.45, 7) is 3.56. The van der Waals surface area contributed by atoms with E-state index in [1.807, 2.05) is 0 Å². The monoisotopic (exact) mass is 367 g/mol. The molecule has 0 aliphatic carbocycles. The molecule has 0 aliphatic rings. The highest BCUT2D eigenvalue weighted by atomic mass is 79.9. The van der Waals surface area contributed by atoms with Gasteiger partial charge in [-0.3, -0.25) is 4.79 Å². The van der Waals surface area contributed by atoms with E-state index in [-0.39, 0.29) is 21.7 Å². The first-order chi connectivity index (χ1) is 9.13. The molecule has 0 bridgehead atoms. The van der Waals surface area contributed by atoms with Gasteiger partial charge in [0.15, 0.2) is 0 Å². The number of sulfonamides is 1. The van der Waals surface area contributed by atoms with Gasteiger partial charge in [-0.1, -0.05) is 13.8 Å². The highest BCUT2D eigenvalue weighted by Gasteiger charge is 2.26. The molecular formula is C12H15BrFNO4S. The van der Waals surface area contributed by atoms with Crippen molar-refractivity contribution in [2.45, 2.75) is 31.2 Å². The summed E-state index contributed by atoms with van der Waals surface area (Å²) in [6.07, 6.45) is 0.146. The number of halogens is 2. The van der Waals surface area contributed by atoms with E-state index in [1.165, 1.54) is 12.1 Å². The molecule has 2 N–H and O–H groups in total. The van der Waals surface area contributed by atoms with Crippen LogP contribution >= 0.6 is 15.9 Å². The van der Waals surface area contributed by atoms with Crippen LogP contribution in [0.2, 0.25) is 0 Å². The minimum atomic E-state index is -4.08. The van der Waals surface area contributed by atoms with Gasteiger partial charge in [-0.2, -0.15) is 4.72 Å². The van der Waals surface area contributed by atoms with Crippen LogP contribution in [-0.4, -0.2) is 25.5 Å². The smallest absolute Gasteiger partial charge is 0.321 e. The lowest BCUT2D eigenvalue weighted by atomic mass is 10.1. The van der Waals surface area contributed by atoms with Crippen molar-refractivity contribution >= 4 is 31.9 Å². The Morgan fingerprint density at radius 1 is 1.45 bits per heavy atom. The molecule has 0 heterocycles. The van der Waals surface area contributed by atoms with Crippen LogP contribution in [0.4, 0.5) is 4.39 Å². The van der Waals surface area contributed by atoms with Crippen LogP contribution in [0, 0.1) is 11.7 Å². The third-order valence-corrected chi connectivity index (χ3v) is 4.62. The lowest BCUT2D eigenvalue weighted by Crippen LogP contribution is -2.41. The third kappa shape index (κ3) is 4.53. The first-order valence-corrected chi connectivity index (χ1v) is 8.11. The van der Waals surface area contributed by atoms with Gasteiger partial charge in [0.05, 0.1) is 9.37 Å². The van der Waals surface area contributed by atoms with Crippen LogP contribution in [0.1, 0.15) is 20.3 Å². The molecule has 5 nitrogen and oxygen atoms in total. The van der Waals surface area contributed by atoms with Crippen LogP contribution in [0.25, 0.3) is 0 Å². The minimum absolute atomic E-state index is 0.000420. The van der Waals surface area contributed by atoms with Gasteiger partial charge in [0, 0.05) is 0 Å². The maximum atomic E-state index is 13.4. The average molecular weight is 368 g/mol. The van der Waals surface area contributed by atoms with E-state index in [9.17, 15) is 17.6 Å². The van der Waals surface area contributed by atoms with Crippen LogP contribution in [-0.2, 0) is 14.8 Å². The summed E-state index contributed by atoms with van der Waals surface area (Å²) in [7, 11) is -4.08. The first-order valence-electron chi connectivity index (χ1n) is 5.83. The van der Waals surface area contributed by atoms with E-state index in [4.69, 9.17) is 5.11 Å². The van der Waals surface area contributed by atoms with Gasteiger partial charge in [-0.15, -0.1) is 0 Å². The Hall–Kier alpha value is -0.990. The topological polar surface area (TPSA) is 83.5 Å². The Balaban J connectivity index is 3.03. The molecule has 0 saturated heterocycles. The van der Waals surface area contributed by atoms with Crippen LogP contribution < -0.4 is 4.72 Å². The second-order valence-corrected chi connectivity index (χ2v) is 7.29. The van der Waals surface area contributed by atoms with Crippen molar-refractivity contribution in [2.24, 2.45) is 5.92 Å². The fourth-order valence-electron chi connectivity index (χ4n) is 1.57. The number of hydrogen-bond donors (Lipinski definition) is 2. The summed E-state index contributed by atoms with van der Waals surface area (Å²) in [5, 5.41) is 9.02. The van der Waals surface area contributed by atoms with Crippen molar-refractivity contribution in [3.05, 3.63) is 28.5 Å². The Labute approximate surface area is 125 Å². The van der Waals surface area contributed by atoms with Crippen molar-refractivity contribution in [1.82, 2.24) is 4.72 Å². The van der Waals surface area contributed by atoms with Crippen molar-refractivity contribution in [3.63, 3.8) is 0 Å². The SMILES string of the molecule is CC(C)CC(NS(=O)(=O)c1ccc(Br)c(F)c1)C(=O)O. The highest BCUT2D eigenvalue weighted by Crippen LogP contribution is 2.20. The zero-order chi connectivity index (χ0) is 15.5. The second kappa shape index (κ2) is 6.64. The van der Waals surface area contributed by atoms with Gasteiger partial charge >= 0.3 is 5.97 Å². The Morgan fingerprint density at radius 2 is 2.05 bits per heavy atom. The molecule has 1 rings (SSSR count). The molecule has 0 aliphatic heterocycles. The number of carboxylic acids is 1. The maximum Gasteiger partial charge on any atom is 0.321 e. The van der Waals surface area contributed by atoms with Crippen LogP contribution in [0.15, 0.2) is 27.6 Å². The van der Waals surface area contributed by atoms with Gasteiger partial charge in [0.2, 0.25) is 10.0 Å². The van der Waals surface area contributed by atoms with Gasteiger partial charge < -0.3 is 5.11 Å². The molecule has 0 amide bonds. The quantitative estimate of drug-likeness (QED) is 0.808. The minimum Gasteiger partial charge on any atom is -0.480 e. The molecule has 0 saturated carbocycles. The van der Waals surface area contributed by atoms with E-state index in [0.717, 1.165) is 6.07 Å². The van der Waals surface area contributed by atoms with Gasteiger partial charge in [-0.05, 0) is 46.5 Å². The molecule has 112 valence electrons. The van der Waals surface area contributed by atoms with E-state index in [0.29, 0.717) is 0 Å². The van der Waals surface area contributed by atoms with Crippen molar-refractivity contribution < 1.29 is 22.7 Å². The molecule has 0 radical (unpaired) electrons. The number of hydrogen-bond acceptors (Lipinski definition) is 3. The van der Waals surface area contributed by atoms with E-state index >= 15 is 0 Å². The summed E-state index contributed by atoms with van der Waals surface area (Å²) in [5.74, 6) is -2.00. The molecule has 1 aromatic carbocycles. The average Bonchev–Trinajstić information content (AvgIpc) is 2.30. The molecular weight excluding hydrogens is 353 g/mol. The van der Waals surface area contributed by atoms with Crippen molar-refractivity contribution in [1.29, 1.82) is 0 Å². The lowest BCUT2D eigenvalue weighted by molar-refractivity contribution is -0.139.